The third-order valence-corrected chi connectivity index (χ3v) is 11.5. The summed E-state index contributed by atoms with van der Waals surface area (Å²) in [5.74, 6) is -0.0139. The molecule has 2 atom stereocenters. The van der Waals surface area contributed by atoms with E-state index in [1.807, 2.05) is 44.2 Å². The number of aliphatic hydroxyl groups is 1. The monoisotopic (exact) mass is 643 g/mol. The second kappa shape index (κ2) is 14.6. The van der Waals surface area contributed by atoms with Gasteiger partial charge in [0.1, 0.15) is 0 Å². The first kappa shape index (κ1) is 32.6. The minimum atomic E-state index is -4.00. The summed E-state index contributed by atoms with van der Waals surface area (Å²) in [7, 11) is -4.00. The molecule has 1 unspecified atom stereocenters. The summed E-state index contributed by atoms with van der Waals surface area (Å²) in [6, 6.07) is 14.4. The number of carbonyl (C=O) groups is 1. The van der Waals surface area contributed by atoms with Crippen molar-refractivity contribution in [3.8, 4) is 0 Å². The van der Waals surface area contributed by atoms with Gasteiger partial charge in [-0.1, -0.05) is 68.4 Å². The Bertz CT molecular complexity index is 1490. The predicted octanol–water partition coefficient (Wildman–Crippen LogP) is 5.00. The number of rotatable bonds is 13. The van der Waals surface area contributed by atoms with Crippen molar-refractivity contribution in [2.24, 2.45) is 5.92 Å². The summed E-state index contributed by atoms with van der Waals surface area (Å²) in [5.41, 5.74) is 1.58. The van der Waals surface area contributed by atoms with Gasteiger partial charge in [-0.3, -0.25) is 0 Å². The fraction of sp³-hybridized carbons (Fsp3) is 0.562. The lowest BCUT2D eigenvalue weighted by atomic mass is 10.0. The third-order valence-electron chi connectivity index (χ3n) is 8.73. The number of nitrogens with one attached hydrogen (secondary N) is 2. The summed E-state index contributed by atoms with van der Waals surface area (Å²) >= 11 is 1.46. The van der Waals surface area contributed by atoms with Crippen molar-refractivity contribution in [3.63, 3.8) is 0 Å². The molecule has 0 bridgehead atoms. The summed E-state index contributed by atoms with van der Waals surface area (Å²) in [4.78, 5) is 19.1. The minimum Gasteiger partial charge on any atom is -0.465 e. The van der Waals surface area contributed by atoms with Crippen molar-refractivity contribution in [2.45, 2.75) is 87.9 Å². The molecule has 1 aliphatic heterocycles. The number of anilines is 1. The van der Waals surface area contributed by atoms with Crippen molar-refractivity contribution < 1.29 is 23.4 Å². The van der Waals surface area contributed by atoms with Crippen LogP contribution in [0.3, 0.4) is 0 Å². The number of sulfonamides is 1. The van der Waals surface area contributed by atoms with Crippen LogP contribution in [0.4, 0.5) is 9.93 Å². The maximum absolute atomic E-state index is 14.0. The number of carboxylic acid groups (broad SMARTS) is 1. The van der Waals surface area contributed by atoms with E-state index < -0.39 is 28.3 Å². The standard InChI is InChI=1S/C32H45N5O5S2/c1-22(2)20-37(21-29(38)28(35-32(39)40)18-23-8-4-3-5-9-23)44(41,42)26-12-13-27-30(19-26)43-31(34-27)33-24-14-16-36(17-15-24)25-10-6-7-11-25/h3-5,8-9,12-13,19,22,24-25,28-29,35,38H,6-7,10-11,14-18,20-21H2,1-2H3,(H,33,34)(H,39,40)/t28?,29-/m1/s1. The fourth-order valence-corrected chi connectivity index (χ4v) is 9.16. The number of likely N-dealkylation sites (tertiary alicyclic amines) is 1. The van der Waals surface area contributed by atoms with Crippen LogP contribution in [0.5, 0.6) is 0 Å². The van der Waals surface area contributed by atoms with Gasteiger partial charge >= 0.3 is 6.09 Å². The zero-order chi connectivity index (χ0) is 31.3. The second-order valence-electron chi connectivity index (χ2n) is 12.6. The number of amides is 1. The highest BCUT2D eigenvalue weighted by Gasteiger charge is 2.32. The van der Waals surface area contributed by atoms with Crippen molar-refractivity contribution in [3.05, 3.63) is 54.1 Å². The number of hydrogen-bond donors (Lipinski definition) is 4. The Balaban J connectivity index is 1.28. The van der Waals surface area contributed by atoms with Gasteiger partial charge in [0.05, 0.1) is 27.3 Å². The number of benzene rings is 2. The Labute approximate surface area is 264 Å². The normalized spacial score (nSPS) is 18.7. The first-order valence-corrected chi connectivity index (χ1v) is 18.0. The Hall–Kier alpha value is -2.77. The number of piperidine rings is 1. The number of fused-ring (bicyclic) bond motifs is 1. The van der Waals surface area contributed by atoms with E-state index in [9.17, 15) is 23.4 Å². The Morgan fingerprint density at radius 3 is 2.43 bits per heavy atom. The summed E-state index contributed by atoms with van der Waals surface area (Å²) in [6.45, 7) is 5.95. The van der Waals surface area contributed by atoms with Crippen molar-refractivity contribution in [2.75, 3.05) is 31.5 Å². The van der Waals surface area contributed by atoms with E-state index in [0.29, 0.717) is 6.04 Å². The van der Waals surface area contributed by atoms with Crippen LogP contribution >= 0.6 is 11.3 Å². The molecule has 1 saturated carbocycles. The van der Waals surface area contributed by atoms with Gasteiger partial charge in [-0.05, 0) is 61.8 Å². The molecule has 1 aliphatic carbocycles. The maximum atomic E-state index is 14.0. The van der Waals surface area contributed by atoms with E-state index in [0.717, 1.165) is 52.9 Å². The molecule has 10 nitrogen and oxygen atoms in total. The molecule has 2 aromatic carbocycles. The van der Waals surface area contributed by atoms with E-state index >= 15 is 0 Å². The van der Waals surface area contributed by atoms with E-state index in [4.69, 9.17) is 4.98 Å². The molecule has 1 amide bonds. The molecule has 5 rings (SSSR count). The molecule has 2 heterocycles. The average molecular weight is 644 g/mol. The molecule has 0 spiro atoms. The maximum Gasteiger partial charge on any atom is 0.404 e. The van der Waals surface area contributed by atoms with Crippen LogP contribution in [0.1, 0.15) is 57.9 Å². The molecular weight excluding hydrogens is 599 g/mol. The molecule has 44 heavy (non-hydrogen) atoms. The Kier molecular flexibility index (Phi) is 10.8. The van der Waals surface area contributed by atoms with Crippen LogP contribution in [0.25, 0.3) is 10.2 Å². The van der Waals surface area contributed by atoms with Gasteiger partial charge < -0.3 is 25.7 Å². The third kappa shape index (κ3) is 8.28. The van der Waals surface area contributed by atoms with Gasteiger partial charge in [-0.2, -0.15) is 4.31 Å². The summed E-state index contributed by atoms with van der Waals surface area (Å²) in [6.07, 6.45) is 5.17. The quantitative estimate of drug-likeness (QED) is 0.204. The topological polar surface area (TPSA) is 135 Å². The van der Waals surface area contributed by atoms with Gasteiger partial charge in [0.2, 0.25) is 10.0 Å². The molecule has 2 aliphatic rings. The first-order chi connectivity index (χ1) is 21.1. The lowest BCUT2D eigenvalue weighted by molar-refractivity contribution is 0.0980. The van der Waals surface area contributed by atoms with Crippen LogP contribution in [0.2, 0.25) is 0 Å². The van der Waals surface area contributed by atoms with Crippen molar-refractivity contribution in [1.29, 1.82) is 0 Å². The number of hydrogen-bond acceptors (Lipinski definition) is 8. The van der Waals surface area contributed by atoms with Crippen LogP contribution in [-0.4, -0.2) is 89.3 Å². The van der Waals surface area contributed by atoms with E-state index in [-0.39, 0.29) is 30.3 Å². The van der Waals surface area contributed by atoms with Crippen molar-refractivity contribution in [1.82, 2.24) is 19.5 Å². The van der Waals surface area contributed by atoms with E-state index in [1.165, 1.54) is 41.3 Å². The Morgan fingerprint density at radius 1 is 1.07 bits per heavy atom. The minimum absolute atomic E-state index is 0.0139. The molecule has 0 radical (unpaired) electrons. The van der Waals surface area contributed by atoms with E-state index in [2.05, 4.69) is 15.5 Å². The number of nitrogens with zero attached hydrogens (tertiary/aromatic N) is 3. The van der Waals surface area contributed by atoms with Crippen LogP contribution < -0.4 is 10.6 Å². The summed E-state index contributed by atoms with van der Waals surface area (Å²) < 4.78 is 30.0. The first-order valence-electron chi connectivity index (χ1n) is 15.7. The lowest BCUT2D eigenvalue weighted by Crippen LogP contribution is -2.50. The highest BCUT2D eigenvalue weighted by molar-refractivity contribution is 7.89. The van der Waals surface area contributed by atoms with Crippen LogP contribution in [0.15, 0.2) is 53.4 Å². The zero-order valence-corrected chi connectivity index (χ0v) is 27.2. The fourth-order valence-electron chi connectivity index (χ4n) is 6.45. The SMILES string of the molecule is CC(C)CN(C[C@@H](O)C(Cc1ccccc1)NC(=O)O)S(=O)(=O)c1ccc2nc(NC3CCN(C4CCCC4)CC3)sc2c1. The van der Waals surface area contributed by atoms with Gasteiger partial charge in [0, 0.05) is 38.3 Å². The van der Waals surface area contributed by atoms with Gasteiger partial charge in [-0.15, -0.1) is 0 Å². The molecule has 240 valence electrons. The number of thiazole rings is 1. The van der Waals surface area contributed by atoms with Gasteiger partial charge in [-0.25, -0.2) is 18.2 Å². The van der Waals surface area contributed by atoms with Gasteiger partial charge in [0.25, 0.3) is 0 Å². The number of aliphatic hydroxyl groups excluding tert-OH is 1. The predicted molar refractivity (Wildman–Crippen MR) is 175 cm³/mol. The zero-order valence-electron chi connectivity index (χ0n) is 25.6. The number of aromatic nitrogens is 1. The molecule has 1 aromatic heterocycles. The van der Waals surface area contributed by atoms with E-state index in [1.54, 1.807) is 18.2 Å². The molecule has 2 fully saturated rings. The molecule has 4 N–H and O–H groups in total. The molecule has 1 saturated heterocycles. The molecule has 12 heteroatoms. The lowest BCUT2D eigenvalue weighted by Gasteiger charge is -2.36. The smallest absolute Gasteiger partial charge is 0.404 e. The van der Waals surface area contributed by atoms with Crippen molar-refractivity contribution >= 4 is 42.8 Å². The largest absolute Gasteiger partial charge is 0.465 e. The Morgan fingerprint density at radius 2 is 1.77 bits per heavy atom. The van der Waals surface area contributed by atoms with Gasteiger partial charge in [0.15, 0.2) is 5.13 Å². The van der Waals surface area contributed by atoms with Crippen LogP contribution in [0, 0.1) is 5.92 Å². The summed E-state index contributed by atoms with van der Waals surface area (Å²) in [5, 5.41) is 27.4. The average Bonchev–Trinajstić information content (AvgIpc) is 3.67. The highest BCUT2D eigenvalue weighted by Crippen LogP contribution is 2.32. The van der Waals surface area contributed by atoms with Crippen LogP contribution in [-0.2, 0) is 16.4 Å². The second-order valence-corrected chi connectivity index (χ2v) is 15.5. The molecule has 3 aromatic rings. The molecular formula is C32H45N5O5S2. The highest BCUT2D eigenvalue weighted by atomic mass is 32.2.